The lowest BCUT2D eigenvalue weighted by atomic mass is 9.58. The van der Waals surface area contributed by atoms with Gasteiger partial charge in [-0.15, -0.1) is 0 Å². The number of hydrogen-bond acceptors (Lipinski definition) is 2. The van der Waals surface area contributed by atoms with Gasteiger partial charge in [0.05, 0.1) is 5.69 Å². The van der Waals surface area contributed by atoms with Crippen LogP contribution in [0.5, 0.6) is 0 Å². The zero-order valence-electron chi connectivity index (χ0n) is 13.4. The summed E-state index contributed by atoms with van der Waals surface area (Å²) in [4.78, 5) is 11.7. The maximum atomic E-state index is 14.3. The van der Waals surface area contributed by atoms with Crippen LogP contribution in [0.25, 0.3) is 5.69 Å². The lowest BCUT2D eigenvalue weighted by Gasteiger charge is -2.46. The molecule has 2 bridgehead atoms. The van der Waals surface area contributed by atoms with Crippen molar-refractivity contribution in [2.45, 2.75) is 50.4 Å². The van der Waals surface area contributed by atoms with Crippen molar-refractivity contribution in [1.82, 2.24) is 9.78 Å². The number of carbonyl (C=O) groups is 1. The van der Waals surface area contributed by atoms with Crippen molar-refractivity contribution in [3.05, 3.63) is 46.8 Å². The molecule has 0 amide bonds. The number of benzene rings is 1. The molecule has 1 aromatic carbocycles. The van der Waals surface area contributed by atoms with Crippen molar-refractivity contribution in [2.75, 3.05) is 0 Å². The van der Waals surface area contributed by atoms with Crippen molar-refractivity contribution >= 4 is 5.97 Å². The van der Waals surface area contributed by atoms with Crippen LogP contribution in [0.3, 0.4) is 0 Å². The van der Waals surface area contributed by atoms with E-state index in [0.717, 1.165) is 49.4 Å². The second kappa shape index (κ2) is 5.13. The van der Waals surface area contributed by atoms with Crippen molar-refractivity contribution in [2.24, 2.45) is 0 Å². The van der Waals surface area contributed by atoms with E-state index in [-0.39, 0.29) is 22.7 Å². The van der Waals surface area contributed by atoms with Gasteiger partial charge in [-0.3, -0.25) is 0 Å². The van der Waals surface area contributed by atoms with E-state index in [1.165, 1.54) is 16.8 Å². The minimum atomic E-state index is -1.09. The molecular formula is C18H18F2N2O2. The van der Waals surface area contributed by atoms with Crippen LogP contribution >= 0.6 is 0 Å². The molecule has 0 spiro atoms. The summed E-state index contributed by atoms with van der Waals surface area (Å²) in [5.74, 6) is -2.32. The number of nitrogens with zero attached hydrogens (tertiary/aromatic N) is 2. The van der Waals surface area contributed by atoms with Gasteiger partial charge in [0.25, 0.3) is 0 Å². The summed E-state index contributed by atoms with van der Waals surface area (Å²) in [7, 11) is 0. The highest BCUT2D eigenvalue weighted by atomic mass is 19.1. The molecule has 6 heteroatoms. The third-order valence-electron chi connectivity index (χ3n) is 5.79. The largest absolute Gasteiger partial charge is 0.476 e. The molecule has 24 heavy (non-hydrogen) atoms. The second-order valence-electron chi connectivity index (χ2n) is 6.83. The summed E-state index contributed by atoms with van der Waals surface area (Å²) in [6.07, 6.45) is 4.64. The average Bonchev–Trinajstić information content (AvgIpc) is 2.99. The van der Waals surface area contributed by atoms with Gasteiger partial charge in [0.2, 0.25) is 0 Å². The molecule has 0 unspecified atom stereocenters. The van der Waals surface area contributed by atoms with E-state index in [2.05, 4.69) is 12.0 Å². The molecule has 3 aliphatic carbocycles. The fraction of sp³-hybridized carbons (Fsp3) is 0.444. The van der Waals surface area contributed by atoms with Crippen LogP contribution in [-0.4, -0.2) is 20.9 Å². The van der Waals surface area contributed by atoms with Crippen LogP contribution in [0.1, 0.15) is 66.7 Å². The first-order valence-corrected chi connectivity index (χ1v) is 8.29. The van der Waals surface area contributed by atoms with Gasteiger partial charge in [-0.2, -0.15) is 5.10 Å². The zero-order valence-corrected chi connectivity index (χ0v) is 13.4. The monoisotopic (exact) mass is 332 g/mol. The summed E-state index contributed by atoms with van der Waals surface area (Å²) >= 11 is 0. The minimum absolute atomic E-state index is 0.0101. The maximum Gasteiger partial charge on any atom is 0.356 e. The van der Waals surface area contributed by atoms with Crippen LogP contribution in [0, 0.1) is 11.6 Å². The second-order valence-corrected chi connectivity index (χ2v) is 6.83. The Morgan fingerprint density at radius 3 is 2.67 bits per heavy atom. The molecule has 0 aliphatic heterocycles. The van der Waals surface area contributed by atoms with Gasteiger partial charge in [0, 0.05) is 17.0 Å². The van der Waals surface area contributed by atoms with Gasteiger partial charge in [-0.05, 0) is 50.2 Å². The van der Waals surface area contributed by atoms with Gasteiger partial charge in [0.1, 0.15) is 11.5 Å². The Balaban J connectivity index is 2.03. The van der Waals surface area contributed by atoms with Crippen LogP contribution in [0.2, 0.25) is 0 Å². The van der Waals surface area contributed by atoms with E-state index in [0.29, 0.717) is 0 Å². The Morgan fingerprint density at radius 2 is 2.08 bits per heavy atom. The predicted octanol–water partition coefficient (Wildman–Crippen LogP) is 4.17. The number of carboxylic acids is 1. The van der Waals surface area contributed by atoms with Crippen LogP contribution < -0.4 is 0 Å². The fourth-order valence-electron chi connectivity index (χ4n) is 4.53. The predicted molar refractivity (Wildman–Crippen MR) is 83.6 cm³/mol. The zero-order chi connectivity index (χ0) is 17.1. The summed E-state index contributed by atoms with van der Waals surface area (Å²) in [5, 5.41) is 13.8. The number of aromatic carboxylic acids is 1. The van der Waals surface area contributed by atoms with Gasteiger partial charge in [-0.1, -0.05) is 6.92 Å². The first kappa shape index (κ1) is 15.3. The van der Waals surface area contributed by atoms with Gasteiger partial charge in [0.15, 0.2) is 11.5 Å². The van der Waals surface area contributed by atoms with Crippen molar-refractivity contribution in [3.8, 4) is 5.69 Å². The number of fused-ring (bicyclic) bond motifs is 2. The summed E-state index contributed by atoms with van der Waals surface area (Å²) in [6, 6.07) is 3.31. The van der Waals surface area contributed by atoms with Crippen LogP contribution in [0.15, 0.2) is 18.2 Å². The van der Waals surface area contributed by atoms with E-state index < -0.39 is 17.6 Å². The number of rotatable bonds is 3. The third kappa shape index (κ3) is 1.95. The van der Waals surface area contributed by atoms with E-state index in [4.69, 9.17) is 0 Å². The Labute approximate surface area is 138 Å². The number of aromatic nitrogens is 2. The Kier molecular flexibility index (Phi) is 3.27. The molecule has 2 aromatic rings. The Hall–Kier alpha value is -2.24. The van der Waals surface area contributed by atoms with E-state index in [9.17, 15) is 18.7 Å². The van der Waals surface area contributed by atoms with E-state index in [1.807, 2.05) is 0 Å². The standard InChI is InChI=1S/C18H18F2N2O2/c1-2-18-7-5-10(6-8-18)14-15(17(23)24)21-22(16(14)18)13-4-3-11(19)9-12(13)20/h3-4,9-10H,2,5-8H2,1H3,(H,23,24). The summed E-state index contributed by atoms with van der Waals surface area (Å²) in [5.41, 5.74) is 1.52. The van der Waals surface area contributed by atoms with E-state index in [1.54, 1.807) is 0 Å². The Morgan fingerprint density at radius 1 is 1.38 bits per heavy atom. The molecule has 0 radical (unpaired) electrons. The molecule has 4 nitrogen and oxygen atoms in total. The fourth-order valence-corrected chi connectivity index (χ4v) is 4.53. The highest BCUT2D eigenvalue weighted by Crippen LogP contribution is 2.56. The number of carboxylic acid groups (broad SMARTS) is 1. The molecule has 1 saturated carbocycles. The first-order chi connectivity index (χ1) is 11.5. The Bertz CT molecular complexity index is 836. The normalized spacial score (nSPS) is 24.9. The quantitative estimate of drug-likeness (QED) is 0.918. The molecule has 1 aromatic heterocycles. The van der Waals surface area contributed by atoms with Crippen LogP contribution in [0.4, 0.5) is 8.78 Å². The van der Waals surface area contributed by atoms with E-state index >= 15 is 0 Å². The molecule has 1 fully saturated rings. The van der Waals surface area contributed by atoms with Crippen molar-refractivity contribution < 1.29 is 18.7 Å². The lowest BCUT2D eigenvalue weighted by Crippen LogP contribution is -2.39. The van der Waals surface area contributed by atoms with Crippen molar-refractivity contribution in [1.29, 1.82) is 0 Å². The maximum absolute atomic E-state index is 14.3. The topological polar surface area (TPSA) is 55.1 Å². The lowest BCUT2D eigenvalue weighted by molar-refractivity contribution is 0.0687. The highest BCUT2D eigenvalue weighted by Gasteiger charge is 2.49. The van der Waals surface area contributed by atoms with Crippen molar-refractivity contribution in [3.63, 3.8) is 0 Å². The molecule has 5 rings (SSSR count). The molecule has 0 atom stereocenters. The van der Waals surface area contributed by atoms with Gasteiger partial charge < -0.3 is 5.11 Å². The molecular weight excluding hydrogens is 314 g/mol. The molecule has 0 saturated heterocycles. The summed E-state index contributed by atoms with van der Waals surface area (Å²) < 4.78 is 29.0. The SMILES string of the molecule is CCC12CCC(CC1)c1c(C(=O)O)nn(-c3ccc(F)cc3F)c12. The highest BCUT2D eigenvalue weighted by molar-refractivity contribution is 5.88. The first-order valence-electron chi connectivity index (χ1n) is 8.29. The average molecular weight is 332 g/mol. The molecule has 1 N–H and O–H groups in total. The molecule has 126 valence electrons. The number of halogens is 2. The van der Waals surface area contributed by atoms with Crippen LogP contribution in [-0.2, 0) is 5.41 Å². The van der Waals surface area contributed by atoms with Gasteiger partial charge in [-0.25, -0.2) is 18.3 Å². The minimum Gasteiger partial charge on any atom is -0.476 e. The molecule has 3 aliphatic rings. The molecule has 1 heterocycles. The third-order valence-corrected chi connectivity index (χ3v) is 5.79. The summed E-state index contributed by atoms with van der Waals surface area (Å²) in [6.45, 7) is 2.08. The number of hydrogen-bond donors (Lipinski definition) is 1. The van der Waals surface area contributed by atoms with Gasteiger partial charge >= 0.3 is 5.97 Å². The smallest absolute Gasteiger partial charge is 0.356 e.